The van der Waals surface area contributed by atoms with E-state index >= 15 is 0 Å². The summed E-state index contributed by atoms with van der Waals surface area (Å²) in [4.78, 5) is 0. The Hall–Kier alpha value is -1.30. The number of rotatable bonds is 5. The van der Waals surface area contributed by atoms with Crippen LogP contribution in [-0.4, -0.2) is 17.8 Å². The van der Waals surface area contributed by atoms with E-state index in [1.165, 1.54) is 0 Å². The van der Waals surface area contributed by atoms with Gasteiger partial charge in [-0.25, -0.2) is 0 Å². The van der Waals surface area contributed by atoms with E-state index in [9.17, 15) is 5.11 Å². The Kier molecular flexibility index (Phi) is 5.54. The number of hydrogen-bond donors (Lipinski definition) is 1. The van der Waals surface area contributed by atoms with E-state index in [1.54, 1.807) is 6.92 Å². The molecule has 0 fully saturated rings. The summed E-state index contributed by atoms with van der Waals surface area (Å²) in [6.45, 7) is 2.64. The Labute approximate surface area is 90.9 Å². The number of ether oxygens (including phenoxy) is 1. The van der Waals surface area contributed by atoms with Crippen molar-refractivity contribution in [1.82, 2.24) is 0 Å². The van der Waals surface area contributed by atoms with Gasteiger partial charge in [0.05, 0.1) is 19.3 Å². The molecule has 1 rings (SSSR count). The lowest BCUT2D eigenvalue weighted by Crippen LogP contribution is -2.14. The number of aliphatic hydroxyl groups excluding tert-OH is 1. The third kappa shape index (κ3) is 5.21. The van der Waals surface area contributed by atoms with Gasteiger partial charge in [-0.15, -0.1) is 11.8 Å². The quantitative estimate of drug-likeness (QED) is 0.743. The molecule has 1 aromatic carbocycles. The van der Waals surface area contributed by atoms with E-state index in [0.717, 1.165) is 5.56 Å². The van der Waals surface area contributed by atoms with Crippen LogP contribution in [0.25, 0.3) is 0 Å². The maximum absolute atomic E-state index is 9.43. The zero-order valence-electron chi connectivity index (χ0n) is 8.94. The molecule has 1 N–H and O–H groups in total. The number of benzene rings is 1. The normalized spacial score (nSPS) is 11.6. The smallest absolute Gasteiger partial charge is 0.0882 e. The molecule has 15 heavy (non-hydrogen) atoms. The Bertz CT molecular complexity index is 321. The molecular weight excluding hydrogens is 188 g/mol. The van der Waals surface area contributed by atoms with Crippen LogP contribution in [0.4, 0.5) is 0 Å². The van der Waals surface area contributed by atoms with Crippen LogP contribution in [-0.2, 0) is 11.3 Å². The van der Waals surface area contributed by atoms with E-state index in [1.807, 2.05) is 30.3 Å². The van der Waals surface area contributed by atoms with E-state index in [4.69, 9.17) is 4.74 Å². The van der Waals surface area contributed by atoms with Crippen molar-refractivity contribution in [1.29, 1.82) is 0 Å². The van der Waals surface area contributed by atoms with Gasteiger partial charge in [0.25, 0.3) is 0 Å². The average molecular weight is 204 g/mol. The van der Waals surface area contributed by atoms with Crippen molar-refractivity contribution in [3.8, 4) is 11.8 Å². The second kappa shape index (κ2) is 7.05. The molecule has 1 atom stereocenters. The molecular formula is C13H16O2. The second-order valence-corrected chi connectivity index (χ2v) is 3.29. The summed E-state index contributed by atoms with van der Waals surface area (Å²) >= 11 is 0. The van der Waals surface area contributed by atoms with Crippen molar-refractivity contribution < 1.29 is 9.84 Å². The molecule has 0 unspecified atom stereocenters. The van der Waals surface area contributed by atoms with Gasteiger partial charge in [-0.2, -0.15) is 0 Å². The van der Waals surface area contributed by atoms with Gasteiger partial charge in [-0.05, 0) is 12.5 Å². The predicted molar refractivity (Wildman–Crippen MR) is 60.2 cm³/mol. The summed E-state index contributed by atoms with van der Waals surface area (Å²) in [5.41, 5.74) is 1.12. The molecule has 80 valence electrons. The van der Waals surface area contributed by atoms with Crippen LogP contribution in [0.2, 0.25) is 0 Å². The van der Waals surface area contributed by atoms with Crippen molar-refractivity contribution in [2.24, 2.45) is 0 Å². The van der Waals surface area contributed by atoms with E-state index in [-0.39, 0.29) is 0 Å². The maximum Gasteiger partial charge on any atom is 0.0882 e. The Balaban J connectivity index is 2.18. The SMILES string of the molecule is CC#CC[C@H](O)COCc1ccccc1. The largest absolute Gasteiger partial charge is 0.390 e. The van der Waals surface area contributed by atoms with E-state index < -0.39 is 6.10 Å². The highest BCUT2D eigenvalue weighted by Crippen LogP contribution is 2.01. The summed E-state index contributed by atoms with van der Waals surface area (Å²) in [5, 5.41) is 9.43. The molecule has 2 heteroatoms. The van der Waals surface area contributed by atoms with Crippen LogP contribution in [0, 0.1) is 11.8 Å². The fourth-order valence-corrected chi connectivity index (χ4v) is 1.17. The van der Waals surface area contributed by atoms with Crippen LogP contribution in [0.3, 0.4) is 0 Å². The zero-order valence-corrected chi connectivity index (χ0v) is 8.94. The summed E-state index contributed by atoms with van der Waals surface area (Å²) in [6.07, 6.45) is -0.00757. The van der Waals surface area contributed by atoms with E-state index in [2.05, 4.69) is 11.8 Å². The van der Waals surface area contributed by atoms with Gasteiger partial charge in [0, 0.05) is 6.42 Å². The van der Waals surface area contributed by atoms with Crippen LogP contribution >= 0.6 is 0 Å². The van der Waals surface area contributed by atoms with Gasteiger partial charge < -0.3 is 9.84 Å². The summed E-state index contributed by atoms with van der Waals surface area (Å²) in [5.74, 6) is 5.56. The maximum atomic E-state index is 9.43. The lowest BCUT2D eigenvalue weighted by atomic mass is 10.2. The van der Waals surface area contributed by atoms with Crippen LogP contribution in [0.15, 0.2) is 30.3 Å². The van der Waals surface area contributed by atoms with Crippen molar-refractivity contribution in [2.75, 3.05) is 6.61 Å². The topological polar surface area (TPSA) is 29.5 Å². The van der Waals surface area contributed by atoms with Gasteiger partial charge in [0.2, 0.25) is 0 Å². The third-order valence-electron chi connectivity index (χ3n) is 1.94. The van der Waals surface area contributed by atoms with Gasteiger partial charge in [0.15, 0.2) is 0 Å². The Morgan fingerprint density at radius 3 is 2.73 bits per heavy atom. The van der Waals surface area contributed by atoms with Gasteiger partial charge in [-0.1, -0.05) is 30.3 Å². The first-order valence-electron chi connectivity index (χ1n) is 5.02. The minimum atomic E-state index is -0.485. The van der Waals surface area contributed by atoms with Gasteiger partial charge in [-0.3, -0.25) is 0 Å². The fourth-order valence-electron chi connectivity index (χ4n) is 1.17. The van der Waals surface area contributed by atoms with Crippen molar-refractivity contribution >= 4 is 0 Å². The van der Waals surface area contributed by atoms with Crippen molar-refractivity contribution in [3.05, 3.63) is 35.9 Å². The molecule has 2 nitrogen and oxygen atoms in total. The molecule has 0 amide bonds. The highest BCUT2D eigenvalue weighted by molar-refractivity contribution is 5.13. The summed E-state index contributed by atoms with van der Waals surface area (Å²) in [7, 11) is 0. The first-order valence-corrected chi connectivity index (χ1v) is 5.02. The fraction of sp³-hybridized carbons (Fsp3) is 0.385. The number of hydrogen-bond acceptors (Lipinski definition) is 2. The number of aliphatic hydroxyl groups is 1. The molecule has 0 aromatic heterocycles. The molecule has 0 saturated carbocycles. The molecule has 0 aliphatic rings. The molecule has 0 saturated heterocycles. The first-order chi connectivity index (χ1) is 7.33. The average Bonchev–Trinajstić information content (AvgIpc) is 2.28. The third-order valence-corrected chi connectivity index (χ3v) is 1.94. The van der Waals surface area contributed by atoms with Crippen molar-refractivity contribution in [3.63, 3.8) is 0 Å². The lowest BCUT2D eigenvalue weighted by Gasteiger charge is -2.08. The Morgan fingerprint density at radius 1 is 1.33 bits per heavy atom. The minimum Gasteiger partial charge on any atom is -0.390 e. The predicted octanol–water partition coefficient (Wildman–Crippen LogP) is 1.98. The van der Waals surface area contributed by atoms with E-state index in [0.29, 0.717) is 19.6 Å². The second-order valence-electron chi connectivity index (χ2n) is 3.29. The zero-order chi connectivity index (χ0) is 10.9. The summed E-state index contributed by atoms with van der Waals surface area (Å²) < 4.78 is 5.36. The minimum absolute atomic E-state index is 0.337. The monoisotopic (exact) mass is 204 g/mol. The highest BCUT2D eigenvalue weighted by Gasteiger charge is 2.01. The molecule has 1 aromatic rings. The molecule has 0 spiro atoms. The lowest BCUT2D eigenvalue weighted by molar-refractivity contribution is 0.0311. The first kappa shape index (κ1) is 11.8. The Morgan fingerprint density at radius 2 is 2.07 bits per heavy atom. The molecule has 0 aliphatic carbocycles. The van der Waals surface area contributed by atoms with Gasteiger partial charge >= 0.3 is 0 Å². The van der Waals surface area contributed by atoms with Crippen LogP contribution in [0.1, 0.15) is 18.9 Å². The van der Waals surface area contributed by atoms with Crippen molar-refractivity contribution in [2.45, 2.75) is 26.1 Å². The standard InChI is InChI=1S/C13H16O2/c1-2-3-9-13(14)11-15-10-12-7-5-4-6-8-12/h4-8,13-14H,9-11H2,1H3/t13-/m0/s1. The molecule has 0 heterocycles. The highest BCUT2D eigenvalue weighted by atomic mass is 16.5. The molecule has 0 aliphatic heterocycles. The van der Waals surface area contributed by atoms with Gasteiger partial charge in [0.1, 0.15) is 0 Å². The molecule has 0 radical (unpaired) electrons. The van der Waals surface area contributed by atoms with Crippen LogP contribution in [0.5, 0.6) is 0 Å². The summed E-state index contributed by atoms with van der Waals surface area (Å²) in [6, 6.07) is 9.90. The van der Waals surface area contributed by atoms with Crippen LogP contribution < -0.4 is 0 Å². The molecule has 0 bridgehead atoms.